The summed E-state index contributed by atoms with van der Waals surface area (Å²) in [7, 11) is 0. The zero-order valence-electron chi connectivity index (χ0n) is 39.5. The molecule has 0 spiro atoms. The number of nitrogens with zero attached hydrogens (tertiary/aromatic N) is 1. The van der Waals surface area contributed by atoms with Crippen LogP contribution >= 0.6 is 0 Å². The van der Waals surface area contributed by atoms with Crippen LogP contribution in [0.5, 0.6) is 17.2 Å². The summed E-state index contributed by atoms with van der Waals surface area (Å²) in [5.41, 5.74) is 12.1. The molecule has 0 aromatic heterocycles. The van der Waals surface area contributed by atoms with Gasteiger partial charge in [0, 0.05) is 65.3 Å². The number of aliphatic hydroxyl groups excluding tert-OH is 4. The van der Waals surface area contributed by atoms with Gasteiger partial charge in [-0.3, -0.25) is 24.2 Å². The van der Waals surface area contributed by atoms with Crippen LogP contribution in [0, 0.1) is 11.8 Å². The maximum atomic E-state index is 15.8. The van der Waals surface area contributed by atoms with Crippen molar-refractivity contribution in [3.63, 3.8) is 0 Å². The van der Waals surface area contributed by atoms with E-state index in [1.807, 2.05) is 12.1 Å². The standard InChI is InChI=1S/C53H56N4O15/c1-26-49(66)53(67,68)50(69-25-34-16-17-56-52(55)57-34)51(70-26)72-48-37-11-5-10-33(54)13-14-35(62)19-29-7-3-6-28(18-29)12-15-36-40(71-27(2)61)21-32(23-59)41-42(36)47(65)43(37)44(46(41)64)45(63)38(48)20-30-8-4-9-31(22-58)39(30)24-60/h3-4,6-9,12,15,18,21,24,26,33-35,49-51,58-59,62-63,66-68H,11,13-14,16-17,19-20,22-23,25,54H2,1-2H3,(H3,55,56,57). The van der Waals surface area contributed by atoms with Crippen LogP contribution in [-0.2, 0) is 46.7 Å². The quantitative estimate of drug-likeness (QED) is 0.0294. The molecule has 4 aromatic rings. The van der Waals surface area contributed by atoms with Gasteiger partial charge in [-0.15, -0.1) is 0 Å². The predicted octanol–water partition coefficient (Wildman–Crippen LogP) is 1.45. The monoisotopic (exact) mass is 988 g/mol. The summed E-state index contributed by atoms with van der Waals surface area (Å²) in [6, 6.07) is 11.7. The molecule has 4 aromatic carbocycles. The molecular formula is C53H56N4O15. The molecule has 2 heterocycles. The number of carbonyl (C=O) groups excluding carboxylic acids is 4. The summed E-state index contributed by atoms with van der Waals surface area (Å²) in [5.74, 6) is -1.03. The molecule has 19 nitrogen and oxygen atoms in total. The van der Waals surface area contributed by atoms with Crippen LogP contribution in [0.15, 0.2) is 53.5 Å². The van der Waals surface area contributed by atoms with Gasteiger partial charge in [0.15, 0.2) is 29.9 Å². The van der Waals surface area contributed by atoms with Crippen LogP contribution in [0.2, 0.25) is 0 Å². The number of benzene rings is 4. The fourth-order valence-electron chi connectivity index (χ4n) is 9.65. The zero-order valence-corrected chi connectivity index (χ0v) is 39.5. The van der Waals surface area contributed by atoms with Crippen molar-refractivity contribution in [3.8, 4) is 29.1 Å². The summed E-state index contributed by atoms with van der Waals surface area (Å²) in [6.07, 6.45) is -4.09. The molecule has 378 valence electrons. The van der Waals surface area contributed by atoms with E-state index in [1.165, 1.54) is 31.2 Å². The van der Waals surface area contributed by atoms with Gasteiger partial charge < -0.3 is 71.5 Å². The number of aldehydes is 1. The van der Waals surface area contributed by atoms with Gasteiger partial charge in [-0.1, -0.05) is 60.4 Å². The molecule has 2 aliphatic heterocycles. The molecule has 0 amide bonds. The van der Waals surface area contributed by atoms with Gasteiger partial charge >= 0.3 is 5.97 Å². The molecule has 7 atom stereocenters. The Balaban J connectivity index is 1.42. The van der Waals surface area contributed by atoms with Gasteiger partial charge in [0.1, 0.15) is 23.4 Å². The number of fused-ring (bicyclic) bond motifs is 2. The van der Waals surface area contributed by atoms with Crippen molar-refractivity contribution in [2.75, 3.05) is 13.2 Å². The number of nitrogens with one attached hydrogen (secondary N) is 1. The minimum atomic E-state index is -3.08. The molecule has 4 aliphatic rings. The number of ketones is 2. The van der Waals surface area contributed by atoms with E-state index in [4.69, 9.17) is 30.4 Å². The van der Waals surface area contributed by atoms with Crippen LogP contribution in [-0.4, -0.2) is 127 Å². The Labute approximate surface area is 413 Å². The van der Waals surface area contributed by atoms with Crippen LogP contribution < -0.4 is 26.3 Å². The largest absolute Gasteiger partial charge is 0.507 e. The number of phenols is 1. The molecule has 7 unspecified atom stereocenters. The molecule has 19 heteroatoms. The third-order valence-corrected chi connectivity index (χ3v) is 13.3. The van der Waals surface area contributed by atoms with E-state index in [-0.39, 0.29) is 93.4 Å². The number of ether oxygens (including phenoxy) is 4. The summed E-state index contributed by atoms with van der Waals surface area (Å²) in [5, 5.41) is 82.3. The molecule has 0 radical (unpaired) electrons. The van der Waals surface area contributed by atoms with E-state index in [0.29, 0.717) is 24.8 Å². The van der Waals surface area contributed by atoms with Crippen LogP contribution in [0.4, 0.5) is 0 Å². The lowest BCUT2D eigenvalue weighted by Gasteiger charge is -2.46. The van der Waals surface area contributed by atoms with Crippen molar-refractivity contribution in [1.82, 2.24) is 5.32 Å². The van der Waals surface area contributed by atoms with Gasteiger partial charge in [0.2, 0.25) is 12.1 Å². The molecule has 0 saturated carbocycles. The summed E-state index contributed by atoms with van der Waals surface area (Å²) in [6.45, 7) is 1.17. The lowest BCUT2D eigenvalue weighted by Crippen LogP contribution is -2.68. The SMILES string of the molecule is CC(=O)Oc1cc(CO)c2c3c1C=Cc1cccc(c1)CC(O)CCC(N)C#CCc1c(OC4OC(C)C(O)C(O)(O)C4OCC4CCN=C(N)N4)c(Cc4cccc(CO)c4C=O)c(O)c(c1C3=O)C2=O. The highest BCUT2D eigenvalue weighted by Crippen LogP contribution is 2.48. The second-order valence-corrected chi connectivity index (χ2v) is 18.3. The van der Waals surface area contributed by atoms with Crippen molar-refractivity contribution in [2.24, 2.45) is 16.5 Å². The predicted molar refractivity (Wildman–Crippen MR) is 259 cm³/mol. The Morgan fingerprint density at radius 1 is 0.972 bits per heavy atom. The number of rotatable bonds is 11. The Hall–Kier alpha value is -6.83. The van der Waals surface area contributed by atoms with Gasteiger partial charge in [0.05, 0.1) is 49.7 Å². The first-order chi connectivity index (χ1) is 34.4. The Bertz CT molecular complexity index is 2940. The molecule has 12 N–H and O–H groups in total. The number of aliphatic hydroxyl groups is 6. The van der Waals surface area contributed by atoms with E-state index in [1.54, 1.807) is 24.3 Å². The third kappa shape index (κ3) is 10.3. The molecule has 1 saturated heterocycles. The number of hydrogen-bond donors (Lipinski definition) is 10. The van der Waals surface area contributed by atoms with Crippen molar-refractivity contribution >= 4 is 41.9 Å². The molecule has 4 bridgehead atoms. The first-order valence-electron chi connectivity index (χ1n) is 23.4. The Kier molecular flexibility index (Phi) is 15.4. The minimum absolute atomic E-state index is 0.0282. The van der Waals surface area contributed by atoms with Gasteiger partial charge in [-0.25, -0.2) is 0 Å². The van der Waals surface area contributed by atoms with E-state index in [9.17, 15) is 45.3 Å². The number of aromatic hydroxyl groups is 1. The minimum Gasteiger partial charge on any atom is -0.507 e. The van der Waals surface area contributed by atoms with Crippen LogP contribution in [0.3, 0.4) is 0 Å². The number of phenolic OH excluding ortho intramolecular Hbond substituents is 1. The first-order valence-corrected chi connectivity index (χ1v) is 23.4. The van der Waals surface area contributed by atoms with Crippen LogP contribution in [0.1, 0.15) is 120 Å². The Morgan fingerprint density at radius 2 is 1.71 bits per heavy atom. The normalized spacial score (nSPS) is 23.6. The molecular weight excluding hydrogens is 933 g/mol. The number of hydrogen-bond acceptors (Lipinski definition) is 19. The summed E-state index contributed by atoms with van der Waals surface area (Å²) in [4.78, 5) is 60.7. The van der Waals surface area contributed by atoms with Crippen molar-refractivity contribution in [3.05, 3.63) is 121 Å². The Morgan fingerprint density at radius 3 is 2.43 bits per heavy atom. The summed E-state index contributed by atoms with van der Waals surface area (Å²) < 4.78 is 24.6. The second kappa shape index (κ2) is 21.5. The number of esters is 1. The van der Waals surface area contributed by atoms with Crippen molar-refractivity contribution in [1.29, 1.82) is 0 Å². The molecule has 2 aliphatic carbocycles. The molecule has 1 fully saturated rings. The maximum Gasteiger partial charge on any atom is 0.308 e. The second-order valence-electron chi connectivity index (χ2n) is 18.3. The maximum absolute atomic E-state index is 15.8. The first kappa shape index (κ1) is 51.5. The fourth-order valence-corrected chi connectivity index (χ4v) is 9.65. The van der Waals surface area contributed by atoms with E-state index in [2.05, 4.69) is 22.2 Å². The van der Waals surface area contributed by atoms with Gasteiger partial charge in [-0.2, -0.15) is 0 Å². The smallest absolute Gasteiger partial charge is 0.308 e. The number of carbonyl (C=O) groups is 4. The average Bonchev–Trinajstić information content (AvgIpc) is 3.34. The number of nitrogens with two attached hydrogens (primary N) is 2. The highest BCUT2D eigenvalue weighted by atomic mass is 16.7. The van der Waals surface area contributed by atoms with Gasteiger partial charge in [0.25, 0.3) is 0 Å². The number of guanidine groups is 1. The van der Waals surface area contributed by atoms with Crippen LogP contribution in [0.25, 0.3) is 12.2 Å². The fraction of sp³-hybridized carbons (Fsp3) is 0.377. The highest BCUT2D eigenvalue weighted by molar-refractivity contribution is 6.32. The van der Waals surface area contributed by atoms with E-state index in [0.717, 1.165) is 12.5 Å². The van der Waals surface area contributed by atoms with Crippen molar-refractivity contribution < 1.29 is 73.9 Å². The van der Waals surface area contributed by atoms with E-state index < -0.39 is 109 Å². The summed E-state index contributed by atoms with van der Waals surface area (Å²) >= 11 is 0. The zero-order chi connectivity index (χ0) is 51.6. The lowest BCUT2D eigenvalue weighted by atomic mass is 9.75. The highest BCUT2D eigenvalue weighted by Gasteiger charge is 2.56. The molecule has 8 rings (SSSR count). The number of aliphatic imine (C=N–C) groups is 1. The van der Waals surface area contributed by atoms with Gasteiger partial charge in [-0.05, 0) is 72.6 Å². The van der Waals surface area contributed by atoms with E-state index >= 15 is 9.59 Å². The molecule has 72 heavy (non-hydrogen) atoms. The topological polar surface area (TPSA) is 323 Å². The van der Waals surface area contributed by atoms with Crippen molar-refractivity contribution in [2.45, 2.75) is 114 Å². The lowest BCUT2D eigenvalue weighted by molar-refractivity contribution is -0.379. The average molecular weight is 989 g/mol. The third-order valence-electron chi connectivity index (χ3n) is 13.3.